The van der Waals surface area contributed by atoms with Gasteiger partial charge in [0.1, 0.15) is 0 Å². The van der Waals surface area contributed by atoms with Gasteiger partial charge in [0.05, 0.1) is 39.5 Å². The molecule has 2 amide bonds. The Labute approximate surface area is 206 Å². The van der Waals surface area contributed by atoms with Gasteiger partial charge in [-0.1, -0.05) is 23.4 Å². The van der Waals surface area contributed by atoms with Crippen molar-refractivity contribution in [1.29, 1.82) is 5.26 Å². The Morgan fingerprint density at radius 1 is 1.00 bits per heavy atom. The molecule has 0 bridgehead atoms. The van der Waals surface area contributed by atoms with Crippen LogP contribution in [0.1, 0.15) is 38.9 Å². The second-order valence-corrected chi connectivity index (χ2v) is 7.78. The molecule has 0 saturated carbocycles. The van der Waals surface area contributed by atoms with Crippen molar-refractivity contribution >= 4 is 40.1 Å². The van der Waals surface area contributed by atoms with Crippen LogP contribution in [0.15, 0.2) is 59.1 Å². The molecule has 0 aliphatic carbocycles. The number of benzene rings is 3. The van der Waals surface area contributed by atoms with E-state index in [1.807, 2.05) is 0 Å². The number of carboxylic acids is 1. The highest BCUT2D eigenvalue weighted by Gasteiger charge is 2.34. The monoisotopic (exact) mass is 508 g/mol. The Kier molecular flexibility index (Phi) is 6.37. The topological polar surface area (TPSA) is 145 Å². The number of nitriles is 1. The zero-order valence-electron chi connectivity index (χ0n) is 18.8. The summed E-state index contributed by atoms with van der Waals surface area (Å²) in [7, 11) is 0. The molecule has 3 N–H and O–H groups in total. The predicted molar refractivity (Wildman–Crippen MR) is 125 cm³/mol. The lowest BCUT2D eigenvalue weighted by Gasteiger charge is -2.16. The summed E-state index contributed by atoms with van der Waals surface area (Å²) in [6, 6.07) is 12.6. The van der Waals surface area contributed by atoms with Crippen LogP contribution in [0.5, 0.6) is 0 Å². The minimum absolute atomic E-state index is 0.0000592. The van der Waals surface area contributed by atoms with Crippen molar-refractivity contribution in [2.24, 2.45) is 0 Å². The largest absolute Gasteiger partial charge is 0.478 e. The fourth-order valence-electron chi connectivity index (χ4n) is 3.71. The molecule has 0 fully saturated rings. The third kappa shape index (κ3) is 4.96. The summed E-state index contributed by atoms with van der Waals surface area (Å²) in [4.78, 5) is 36.4. The van der Waals surface area contributed by atoms with Crippen LogP contribution in [0.2, 0.25) is 0 Å². The smallest absolute Gasteiger partial charge is 0.417 e. The van der Waals surface area contributed by atoms with Crippen LogP contribution in [0.25, 0.3) is 22.1 Å². The first-order chi connectivity index (χ1) is 17.5. The number of fused-ring (bicyclic) bond motifs is 1. The first-order valence-electron chi connectivity index (χ1n) is 10.5. The minimum atomic E-state index is -4.71. The van der Waals surface area contributed by atoms with Crippen LogP contribution in [0.3, 0.4) is 0 Å². The molecule has 4 aromatic rings. The average molecular weight is 508 g/mol. The van der Waals surface area contributed by atoms with Gasteiger partial charge in [0, 0.05) is 18.6 Å². The molecule has 1 heterocycles. The van der Waals surface area contributed by atoms with Gasteiger partial charge in [-0.25, -0.2) is 4.79 Å². The van der Waals surface area contributed by atoms with Crippen LogP contribution < -0.4 is 10.6 Å². The summed E-state index contributed by atoms with van der Waals surface area (Å²) >= 11 is 0. The van der Waals surface area contributed by atoms with Gasteiger partial charge in [0.25, 0.3) is 5.91 Å². The van der Waals surface area contributed by atoms with Gasteiger partial charge >= 0.3 is 12.1 Å². The number of aromatic carboxylic acids is 1. The van der Waals surface area contributed by atoms with Gasteiger partial charge in [-0.2, -0.15) is 18.4 Å². The highest BCUT2D eigenvalue weighted by atomic mass is 19.4. The molecular weight excluding hydrogens is 493 g/mol. The molecular formula is C25H15F3N4O5. The number of carboxylic acid groups (broad SMARTS) is 1. The molecule has 0 unspecified atom stereocenters. The van der Waals surface area contributed by atoms with Crippen molar-refractivity contribution in [3.05, 3.63) is 77.0 Å². The fraction of sp³-hybridized carbons (Fsp3) is 0.0800. The molecule has 0 saturated heterocycles. The number of halogens is 3. The van der Waals surface area contributed by atoms with E-state index in [1.54, 1.807) is 6.07 Å². The summed E-state index contributed by atoms with van der Waals surface area (Å²) in [5.41, 5.74) is -2.05. The minimum Gasteiger partial charge on any atom is -0.478 e. The van der Waals surface area contributed by atoms with Crippen LogP contribution in [-0.2, 0) is 11.0 Å². The van der Waals surface area contributed by atoms with Gasteiger partial charge in [-0.05, 0) is 35.9 Å². The van der Waals surface area contributed by atoms with Crippen molar-refractivity contribution in [3.8, 4) is 17.2 Å². The Hall–Kier alpha value is -5.18. The molecule has 37 heavy (non-hydrogen) atoms. The summed E-state index contributed by atoms with van der Waals surface area (Å²) in [6.45, 7) is 1.18. The average Bonchev–Trinajstić information content (AvgIpc) is 3.25. The van der Waals surface area contributed by atoms with E-state index < -0.39 is 29.5 Å². The van der Waals surface area contributed by atoms with E-state index >= 15 is 0 Å². The molecule has 9 nitrogen and oxygen atoms in total. The maximum absolute atomic E-state index is 13.7. The Balaban J connectivity index is 1.85. The van der Waals surface area contributed by atoms with Crippen molar-refractivity contribution in [2.45, 2.75) is 13.1 Å². The second-order valence-electron chi connectivity index (χ2n) is 7.78. The molecule has 4 rings (SSSR count). The van der Waals surface area contributed by atoms with Gasteiger partial charge in [-0.15, -0.1) is 0 Å². The third-order valence-corrected chi connectivity index (χ3v) is 5.29. The Morgan fingerprint density at radius 2 is 1.73 bits per heavy atom. The molecule has 0 spiro atoms. The van der Waals surface area contributed by atoms with E-state index in [4.69, 9.17) is 9.78 Å². The molecule has 186 valence electrons. The highest BCUT2D eigenvalue weighted by molar-refractivity contribution is 6.14. The van der Waals surface area contributed by atoms with E-state index in [0.29, 0.717) is 0 Å². The molecule has 12 heteroatoms. The molecule has 1 aromatic heterocycles. The summed E-state index contributed by atoms with van der Waals surface area (Å²) < 4.78 is 46.4. The SMILES string of the molecule is CC(=O)Nc1cc2onc(C(=O)Nc3ccc(C#N)cc3C(=O)O)c2cc1-c1ccccc1C(F)(F)F. The molecule has 3 aromatic carbocycles. The summed E-state index contributed by atoms with van der Waals surface area (Å²) in [5.74, 6) is -2.86. The fourth-order valence-corrected chi connectivity index (χ4v) is 3.71. The molecule has 0 atom stereocenters. The number of nitrogens with one attached hydrogen (secondary N) is 2. The van der Waals surface area contributed by atoms with Crippen LogP contribution >= 0.6 is 0 Å². The lowest BCUT2D eigenvalue weighted by Crippen LogP contribution is -2.15. The van der Waals surface area contributed by atoms with E-state index in [1.165, 1.54) is 49.4 Å². The first-order valence-corrected chi connectivity index (χ1v) is 10.5. The summed E-state index contributed by atoms with van der Waals surface area (Å²) in [5, 5.41) is 27.0. The highest BCUT2D eigenvalue weighted by Crippen LogP contribution is 2.41. The van der Waals surface area contributed by atoms with Crippen molar-refractivity contribution < 1.29 is 37.2 Å². The van der Waals surface area contributed by atoms with Gasteiger partial charge < -0.3 is 20.3 Å². The lowest BCUT2D eigenvalue weighted by molar-refractivity contribution is -0.137. The van der Waals surface area contributed by atoms with E-state index in [0.717, 1.165) is 12.1 Å². The van der Waals surface area contributed by atoms with Crippen LogP contribution in [-0.4, -0.2) is 28.0 Å². The van der Waals surface area contributed by atoms with Gasteiger partial charge in [0.15, 0.2) is 11.3 Å². The van der Waals surface area contributed by atoms with Crippen LogP contribution in [0, 0.1) is 11.3 Å². The number of carbonyl (C=O) groups excluding carboxylic acids is 2. The van der Waals surface area contributed by atoms with Crippen molar-refractivity contribution in [1.82, 2.24) is 5.16 Å². The summed E-state index contributed by atoms with van der Waals surface area (Å²) in [6.07, 6.45) is -4.71. The third-order valence-electron chi connectivity index (χ3n) is 5.29. The maximum Gasteiger partial charge on any atom is 0.417 e. The van der Waals surface area contributed by atoms with E-state index in [-0.39, 0.29) is 50.3 Å². The molecule has 0 aliphatic rings. The second kappa shape index (κ2) is 9.46. The van der Waals surface area contributed by atoms with Crippen LogP contribution in [0.4, 0.5) is 24.5 Å². The standard InChI is InChI=1S/C25H15F3N4O5/c1-12(33)30-20-10-21-17(9-15(20)14-4-2-3-5-18(14)25(26,27)28)22(32-37-21)23(34)31-19-7-6-13(11-29)8-16(19)24(35)36/h2-10H,1H3,(H,30,33)(H,31,34)(H,35,36). The first kappa shape index (κ1) is 24.9. The van der Waals surface area contributed by atoms with Gasteiger partial charge in [0.2, 0.25) is 5.91 Å². The quantitative estimate of drug-likeness (QED) is 0.332. The Bertz CT molecular complexity index is 1620. The van der Waals surface area contributed by atoms with E-state index in [2.05, 4.69) is 15.8 Å². The Morgan fingerprint density at radius 3 is 2.38 bits per heavy atom. The normalized spacial score (nSPS) is 11.1. The predicted octanol–water partition coefficient (Wildman–Crippen LogP) is 5.29. The number of amides is 2. The number of carbonyl (C=O) groups is 3. The molecule has 0 aliphatic heterocycles. The lowest BCUT2D eigenvalue weighted by atomic mass is 9.96. The van der Waals surface area contributed by atoms with Gasteiger partial charge in [-0.3, -0.25) is 9.59 Å². The number of hydrogen-bond acceptors (Lipinski definition) is 6. The zero-order valence-corrected chi connectivity index (χ0v) is 18.8. The maximum atomic E-state index is 13.7. The number of nitrogens with zero attached hydrogens (tertiary/aromatic N) is 2. The zero-order chi connectivity index (χ0) is 26.9. The van der Waals surface area contributed by atoms with Crippen molar-refractivity contribution in [3.63, 3.8) is 0 Å². The number of rotatable bonds is 5. The van der Waals surface area contributed by atoms with E-state index in [9.17, 15) is 32.7 Å². The number of hydrogen-bond donors (Lipinski definition) is 3. The number of aromatic nitrogens is 1. The number of anilines is 2. The van der Waals surface area contributed by atoms with Crippen molar-refractivity contribution in [2.75, 3.05) is 10.6 Å². The molecule has 0 radical (unpaired) electrons. The number of alkyl halides is 3.